The normalized spacial score (nSPS) is 16.5. The molecule has 2 aromatic rings. The molecule has 0 saturated carbocycles. The summed E-state index contributed by atoms with van der Waals surface area (Å²) < 4.78 is 32.6. The number of aryl methyl sites for hydroxylation is 1. The molecule has 1 aliphatic heterocycles. The van der Waals surface area contributed by atoms with E-state index in [-0.39, 0.29) is 5.97 Å². The first kappa shape index (κ1) is 28.4. The number of carbonyl (C=O) groups is 1. The average Bonchev–Trinajstić information content (AvgIpc) is 2.94. The van der Waals surface area contributed by atoms with Gasteiger partial charge < -0.3 is 33.5 Å². The Hall–Kier alpha value is -3.17. The maximum Gasteiger partial charge on any atom is 0.323 e. The van der Waals surface area contributed by atoms with Crippen LogP contribution in [-0.4, -0.2) is 70.0 Å². The minimum absolute atomic E-state index is 0.330. The molecule has 1 fully saturated rings. The zero-order valence-electron chi connectivity index (χ0n) is 22.2. The van der Waals surface area contributed by atoms with Crippen molar-refractivity contribution in [3.05, 3.63) is 42.0 Å². The number of carbonyl (C=O) groups excluding carboxylic acids is 1. The van der Waals surface area contributed by atoms with Crippen LogP contribution in [0.5, 0.6) is 28.7 Å². The van der Waals surface area contributed by atoms with Crippen LogP contribution < -0.4 is 23.7 Å². The van der Waals surface area contributed by atoms with Gasteiger partial charge in [-0.2, -0.15) is 0 Å². The fraction of sp³-hybridized carbons (Fsp3) is 0.536. The third-order valence-corrected chi connectivity index (χ3v) is 6.49. The molecule has 2 atom stereocenters. The summed E-state index contributed by atoms with van der Waals surface area (Å²) in [6, 6.07) is 10.7. The second-order valence-electron chi connectivity index (χ2n) is 8.88. The topological polar surface area (TPSA) is 95.9 Å². The standard InChI is InChI=1S/C28H39NO8/c1-32-21-14-12-20(13-15-21)10-6-5-9-17-36-27(30)23-11-7-8-16-29(23)28(31)37-22-18-24(33-2)26(35-4)25(19-22)34-3/h12-15,18-19,23,28,31H,5-11,16-17H2,1-4H3. The average molecular weight is 518 g/mol. The smallest absolute Gasteiger partial charge is 0.323 e. The van der Waals surface area contributed by atoms with Gasteiger partial charge in [-0.25, -0.2) is 4.90 Å². The van der Waals surface area contributed by atoms with Gasteiger partial charge >= 0.3 is 5.97 Å². The summed E-state index contributed by atoms with van der Waals surface area (Å²) in [5, 5.41) is 10.9. The largest absolute Gasteiger partial charge is 0.497 e. The molecule has 37 heavy (non-hydrogen) atoms. The number of rotatable bonds is 14. The highest BCUT2D eigenvalue weighted by atomic mass is 16.6. The molecular weight excluding hydrogens is 478 g/mol. The van der Waals surface area contributed by atoms with Gasteiger partial charge in [0.15, 0.2) is 11.5 Å². The summed E-state index contributed by atoms with van der Waals surface area (Å²) in [5.74, 6) is 2.09. The van der Waals surface area contributed by atoms with Crippen LogP contribution in [0.2, 0.25) is 0 Å². The Balaban J connectivity index is 1.48. The fourth-order valence-electron chi connectivity index (χ4n) is 4.45. The van der Waals surface area contributed by atoms with E-state index in [1.54, 1.807) is 24.1 Å². The quantitative estimate of drug-likeness (QED) is 0.225. The predicted octanol–water partition coefficient (Wildman–Crippen LogP) is 4.19. The van der Waals surface area contributed by atoms with Crippen LogP contribution in [0, 0.1) is 0 Å². The number of hydrogen-bond donors (Lipinski definition) is 1. The van der Waals surface area contributed by atoms with E-state index in [9.17, 15) is 9.90 Å². The zero-order chi connectivity index (χ0) is 26.6. The molecule has 1 heterocycles. The van der Waals surface area contributed by atoms with Crippen molar-refractivity contribution in [2.45, 2.75) is 57.4 Å². The SMILES string of the molecule is COc1ccc(CCCCCOC(=O)C2CCCCN2C(O)Oc2cc(OC)c(OC)c(OC)c2)cc1. The second-order valence-corrected chi connectivity index (χ2v) is 8.88. The zero-order valence-corrected chi connectivity index (χ0v) is 22.2. The number of methoxy groups -OCH3 is 4. The van der Waals surface area contributed by atoms with E-state index in [1.807, 2.05) is 12.1 Å². The lowest BCUT2D eigenvalue weighted by atomic mass is 10.0. The Labute approximate surface area is 219 Å². The lowest BCUT2D eigenvalue weighted by Gasteiger charge is -2.36. The van der Waals surface area contributed by atoms with Gasteiger partial charge in [-0.05, 0) is 56.2 Å². The molecule has 1 N–H and O–H groups in total. The number of likely N-dealkylation sites (tertiary alicyclic amines) is 1. The van der Waals surface area contributed by atoms with E-state index in [1.165, 1.54) is 26.9 Å². The Morgan fingerprint density at radius 1 is 0.919 bits per heavy atom. The molecule has 204 valence electrons. The number of hydrogen-bond acceptors (Lipinski definition) is 9. The lowest BCUT2D eigenvalue weighted by molar-refractivity contribution is -0.182. The van der Waals surface area contributed by atoms with Gasteiger partial charge in [-0.1, -0.05) is 18.6 Å². The summed E-state index contributed by atoms with van der Waals surface area (Å²) in [4.78, 5) is 14.5. The highest BCUT2D eigenvalue weighted by molar-refractivity contribution is 5.75. The molecule has 9 heteroatoms. The van der Waals surface area contributed by atoms with Crippen molar-refractivity contribution in [1.29, 1.82) is 0 Å². The molecule has 3 rings (SSSR count). The predicted molar refractivity (Wildman–Crippen MR) is 139 cm³/mol. The minimum atomic E-state index is -1.33. The van der Waals surface area contributed by atoms with Crippen LogP contribution in [-0.2, 0) is 16.0 Å². The van der Waals surface area contributed by atoms with Gasteiger partial charge in [0.25, 0.3) is 6.41 Å². The molecule has 0 aromatic heterocycles. The van der Waals surface area contributed by atoms with Gasteiger partial charge in [-0.15, -0.1) is 0 Å². The first-order valence-electron chi connectivity index (χ1n) is 12.7. The van der Waals surface area contributed by atoms with Crippen LogP contribution in [0.15, 0.2) is 36.4 Å². The lowest BCUT2D eigenvalue weighted by Crippen LogP contribution is -2.52. The highest BCUT2D eigenvalue weighted by Crippen LogP contribution is 2.41. The molecule has 1 aliphatic rings. The molecule has 2 unspecified atom stereocenters. The third kappa shape index (κ3) is 7.90. The van der Waals surface area contributed by atoms with Crippen LogP contribution in [0.1, 0.15) is 44.1 Å². The molecule has 0 aliphatic carbocycles. The maximum absolute atomic E-state index is 12.9. The Kier molecular flexibility index (Phi) is 11.2. The summed E-state index contributed by atoms with van der Waals surface area (Å²) in [6.45, 7) is 0.878. The number of nitrogens with zero attached hydrogens (tertiary/aromatic N) is 1. The van der Waals surface area contributed by atoms with Crippen LogP contribution in [0.3, 0.4) is 0 Å². The summed E-state index contributed by atoms with van der Waals surface area (Å²) in [6.07, 6.45) is 4.75. The van der Waals surface area contributed by atoms with Crippen molar-refractivity contribution in [2.75, 3.05) is 41.6 Å². The summed E-state index contributed by atoms with van der Waals surface area (Å²) in [7, 11) is 6.19. The summed E-state index contributed by atoms with van der Waals surface area (Å²) in [5.41, 5.74) is 1.26. The number of ether oxygens (including phenoxy) is 6. The van der Waals surface area contributed by atoms with Crippen LogP contribution >= 0.6 is 0 Å². The van der Waals surface area contributed by atoms with E-state index in [2.05, 4.69) is 12.1 Å². The molecular formula is C28H39NO8. The van der Waals surface area contributed by atoms with E-state index in [0.717, 1.165) is 44.3 Å². The van der Waals surface area contributed by atoms with E-state index < -0.39 is 12.5 Å². The van der Waals surface area contributed by atoms with Crippen LogP contribution in [0.4, 0.5) is 0 Å². The first-order chi connectivity index (χ1) is 18.0. The molecule has 2 aromatic carbocycles. The monoisotopic (exact) mass is 517 g/mol. The van der Waals surface area contributed by atoms with E-state index >= 15 is 0 Å². The number of aliphatic hydroxyl groups excluding tert-OH is 1. The highest BCUT2D eigenvalue weighted by Gasteiger charge is 2.35. The second kappa shape index (κ2) is 14.5. The minimum Gasteiger partial charge on any atom is -0.497 e. The van der Waals surface area contributed by atoms with Crippen molar-refractivity contribution in [2.24, 2.45) is 0 Å². The Morgan fingerprint density at radius 2 is 1.62 bits per heavy atom. The number of aliphatic hydroxyl groups is 1. The van der Waals surface area contributed by atoms with E-state index in [0.29, 0.717) is 42.6 Å². The fourth-order valence-corrected chi connectivity index (χ4v) is 4.45. The number of piperidine rings is 1. The Bertz CT molecular complexity index is 956. The van der Waals surface area contributed by atoms with Crippen molar-refractivity contribution in [3.8, 4) is 28.7 Å². The molecule has 1 saturated heterocycles. The van der Waals surface area contributed by atoms with Gasteiger partial charge in [0.1, 0.15) is 17.5 Å². The molecule has 9 nitrogen and oxygen atoms in total. The van der Waals surface area contributed by atoms with Gasteiger partial charge in [0.05, 0.1) is 35.0 Å². The van der Waals surface area contributed by atoms with E-state index in [4.69, 9.17) is 28.4 Å². The molecule has 0 radical (unpaired) electrons. The van der Waals surface area contributed by atoms with Crippen LogP contribution in [0.25, 0.3) is 0 Å². The molecule has 0 bridgehead atoms. The third-order valence-electron chi connectivity index (χ3n) is 6.49. The van der Waals surface area contributed by atoms with Crippen molar-refractivity contribution in [1.82, 2.24) is 4.90 Å². The van der Waals surface area contributed by atoms with Gasteiger partial charge in [0, 0.05) is 18.7 Å². The number of esters is 1. The molecule has 0 spiro atoms. The summed E-state index contributed by atoms with van der Waals surface area (Å²) >= 11 is 0. The first-order valence-corrected chi connectivity index (χ1v) is 12.7. The van der Waals surface area contributed by atoms with Gasteiger partial charge in [0.2, 0.25) is 5.75 Å². The van der Waals surface area contributed by atoms with Gasteiger partial charge in [-0.3, -0.25) is 4.79 Å². The maximum atomic E-state index is 12.9. The van der Waals surface area contributed by atoms with Crippen molar-refractivity contribution in [3.63, 3.8) is 0 Å². The number of unbranched alkanes of at least 4 members (excludes halogenated alkanes) is 2. The molecule has 0 amide bonds. The van der Waals surface area contributed by atoms with Crippen molar-refractivity contribution < 1.29 is 38.3 Å². The Morgan fingerprint density at radius 3 is 2.24 bits per heavy atom. The van der Waals surface area contributed by atoms with Crippen molar-refractivity contribution >= 4 is 5.97 Å². The number of benzene rings is 2.